The van der Waals surface area contributed by atoms with E-state index in [4.69, 9.17) is 11.6 Å². The predicted octanol–water partition coefficient (Wildman–Crippen LogP) is 4.62. The molecule has 3 aliphatic rings. The van der Waals surface area contributed by atoms with Gasteiger partial charge in [0.25, 0.3) is 0 Å². The van der Waals surface area contributed by atoms with E-state index in [9.17, 15) is 14.4 Å². The van der Waals surface area contributed by atoms with Gasteiger partial charge in [-0.3, -0.25) is 19.3 Å². The van der Waals surface area contributed by atoms with Gasteiger partial charge < -0.3 is 5.32 Å². The summed E-state index contributed by atoms with van der Waals surface area (Å²) in [6.45, 7) is 0.461. The molecule has 2 saturated carbocycles. The lowest BCUT2D eigenvalue weighted by Crippen LogP contribution is -2.37. The van der Waals surface area contributed by atoms with Crippen molar-refractivity contribution >= 4 is 66.9 Å². The summed E-state index contributed by atoms with van der Waals surface area (Å²) in [4.78, 5) is 39.7. The van der Waals surface area contributed by atoms with Crippen LogP contribution in [0.5, 0.6) is 0 Å². The van der Waals surface area contributed by atoms with Crippen LogP contribution in [-0.4, -0.2) is 38.8 Å². The van der Waals surface area contributed by atoms with Crippen LogP contribution >= 0.6 is 43.5 Å². The van der Waals surface area contributed by atoms with Crippen LogP contribution in [0.1, 0.15) is 32.1 Å². The first-order valence-electron chi connectivity index (χ1n) is 10.1. The van der Waals surface area contributed by atoms with Crippen molar-refractivity contribution in [2.24, 2.45) is 23.7 Å². The summed E-state index contributed by atoms with van der Waals surface area (Å²) in [5, 5.41) is 3.47. The van der Waals surface area contributed by atoms with E-state index >= 15 is 0 Å². The second-order valence-electron chi connectivity index (χ2n) is 8.20. The highest BCUT2D eigenvalue weighted by molar-refractivity contribution is 9.12. The van der Waals surface area contributed by atoms with Crippen LogP contribution in [0.25, 0.3) is 0 Å². The molecule has 1 heterocycles. The highest BCUT2D eigenvalue weighted by Gasteiger charge is 2.66. The molecular weight excluding hydrogens is 524 g/mol. The van der Waals surface area contributed by atoms with Crippen LogP contribution in [0.3, 0.4) is 0 Å². The Morgan fingerprint density at radius 2 is 1.59 bits per heavy atom. The van der Waals surface area contributed by atoms with Gasteiger partial charge in [-0.25, -0.2) is 0 Å². The van der Waals surface area contributed by atoms with Crippen molar-refractivity contribution in [3.8, 4) is 0 Å². The molecule has 0 unspecified atom stereocenters. The smallest absolute Gasteiger partial charge is 0.233 e. The number of alkyl halides is 2. The molecule has 1 aromatic carbocycles. The maximum Gasteiger partial charge on any atom is 0.233 e. The number of carbonyl (C=O) groups is 3. The number of unbranched alkanes of at least 4 members (excludes halogenated alkanes) is 2. The van der Waals surface area contributed by atoms with Gasteiger partial charge in [-0.05, 0) is 55.4 Å². The number of hydrogen-bond donors (Lipinski definition) is 1. The van der Waals surface area contributed by atoms with E-state index in [1.165, 1.54) is 4.90 Å². The molecule has 1 N–H and O–H groups in total. The van der Waals surface area contributed by atoms with Crippen LogP contribution in [0.4, 0.5) is 5.69 Å². The molecule has 5 nitrogen and oxygen atoms in total. The van der Waals surface area contributed by atoms with Crippen LogP contribution in [0, 0.1) is 23.7 Å². The Morgan fingerprint density at radius 3 is 2.17 bits per heavy atom. The number of nitrogens with zero attached hydrogens (tertiary/aromatic N) is 1. The zero-order valence-electron chi connectivity index (χ0n) is 15.8. The largest absolute Gasteiger partial charge is 0.326 e. The molecule has 2 aliphatic carbocycles. The number of nitrogens with one attached hydrogen (secondary N) is 1. The SMILES string of the molecule is O=C(CCCCCN1C(=O)[C@@H]2[C@H]3C[C@@H]([C@@H](Br)[C@H]3Br)[C@H]2C1=O)Nc1ccc(Cl)cc1. The van der Waals surface area contributed by atoms with Crippen molar-refractivity contribution < 1.29 is 14.4 Å². The zero-order chi connectivity index (χ0) is 20.7. The van der Waals surface area contributed by atoms with Crippen molar-refractivity contribution in [1.29, 1.82) is 0 Å². The fourth-order valence-electron chi connectivity index (χ4n) is 5.12. The molecule has 0 spiro atoms. The number of amides is 3. The molecule has 1 aromatic rings. The molecule has 0 aromatic heterocycles. The average Bonchev–Trinajstić information content (AvgIpc) is 3.29. The standard InChI is InChI=1S/C21H23Br2ClN2O3/c22-18-13-10-14(19(18)23)17-16(13)20(28)26(21(17)29)9-3-1-2-4-15(27)25-12-7-5-11(24)6-8-12/h5-8,13-14,16-19H,1-4,9-10H2,(H,25,27)/t13-,14-,16-,17-,18-,19+/m1/s1. The van der Waals surface area contributed by atoms with E-state index in [1.54, 1.807) is 24.3 Å². The first-order valence-corrected chi connectivity index (χ1v) is 12.3. The first kappa shape index (κ1) is 21.3. The number of halogens is 3. The van der Waals surface area contributed by atoms with Crippen LogP contribution in [-0.2, 0) is 14.4 Å². The quantitative estimate of drug-likeness (QED) is 0.309. The van der Waals surface area contributed by atoms with Crippen LogP contribution < -0.4 is 5.32 Å². The Bertz CT molecular complexity index is 787. The molecule has 1 saturated heterocycles. The molecule has 3 amide bonds. The number of likely N-dealkylation sites (tertiary alicyclic amines) is 1. The second kappa shape index (κ2) is 8.67. The van der Waals surface area contributed by atoms with Gasteiger partial charge in [0.05, 0.1) is 11.8 Å². The topological polar surface area (TPSA) is 66.5 Å². The van der Waals surface area contributed by atoms with E-state index in [1.807, 2.05) is 0 Å². The predicted molar refractivity (Wildman–Crippen MR) is 119 cm³/mol. The van der Waals surface area contributed by atoms with Gasteiger partial charge in [0.2, 0.25) is 17.7 Å². The third kappa shape index (κ3) is 4.02. The normalized spacial score (nSPS) is 32.7. The summed E-state index contributed by atoms with van der Waals surface area (Å²) in [5.41, 5.74) is 0.726. The fourth-order valence-corrected chi connectivity index (χ4v) is 7.12. The Hall–Kier alpha value is -0.920. The number of hydrogen-bond acceptors (Lipinski definition) is 3. The molecule has 1 aliphatic heterocycles. The highest BCUT2D eigenvalue weighted by atomic mass is 79.9. The van der Waals surface area contributed by atoms with Gasteiger partial charge in [-0.2, -0.15) is 0 Å². The molecular formula is C21H23Br2ClN2O3. The summed E-state index contributed by atoms with van der Waals surface area (Å²) in [6.07, 6.45) is 3.62. The first-order chi connectivity index (χ1) is 13.9. The molecule has 0 radical (unpaired) electrons. The van der Waals surface area contributed by atoms with E-state index in [0.717, 1.165) is 31.4 Å². The van der Waals surface area contributed by atoms with Gasteiger partial charge >= 0.3 is 0 Å². The summed E-state index contributed by atoms with van der Waals surface area (Å²) in [6, 6.07) is 7.00. The zero-order valence-corrected chi connectivity index (χ0v) is 19.7. The molecule has 4 rings (SSSR count). The van der Waals surface area contributed by atoms with E-state index in [-0.39, 0.29) is 51.0 Å². The van der Waals surface area contributed by atoms with Crippen molar-refractivity contribution in [2.75, 3.05) is 11.9 Å². The van der Waals surface area contributed by atoms with Crippen molar-refractivity contribution in [2.45, 2.75) is 41.8 Å². The number of imide groups is 1. The molecule has 156 valence electrons. The van der Waals surface area contributed by atoms with Gasteiger partial charge in [0, 0.05) is 33.3 Å². The minimum Gasteiger partial charge on any atom is -0.326 e. The van der Waals surface area contributed by atoms with E-state index in [2.05, 4.69) is 37.2 Å². The summed E-state index contributed by atoms with van der Waals surface area (Å²) < 4.78 is 0. The van der Waals surface area contributed by atoms with Crippen LogP contribution in [0.15, 0.2) is 24.3 Å². The number of rotatable bonds is 7. The molecule has 6 atom stereocenters. The minimum absolute atomic E-state index is 0.0110. The van der Waals surface area contributed by atoms with Crippen molar-refractivity contribution in [3.05, 3.63) is 29.3 Å². The average molecular weight is 547 g/mol. The second-order valence-corrected chi connectivity index (χ2v) is 10.7. The molecule has 3 fully saturated rings. The summed E-state index contributed by atoms with van der Waals surface area (Å²) in [7, 11) is 0. The summed E-state index contributed by atoms with van der Waals surface area (Å²) >= 11 is 13.2. The number of fused-ring (bicyclic) bond motifs is 5. The molecule has 8 heteroatoms. The lowest BCUT2D eigenvalue weighted by Gasteiger charge is -2.28. The monoisotopic (exact) mass is 544 g/mol. The maximum atomic E-state index is 12.8. The number of anilines is 1. The van der Waals surface area contributed by atoms with Crippen molar-refractivity contribution in [3.63, 3.8) is 0 Å². The number of benzene rings is 1. The van der Waals surface area contributed by atoms with E-state index in [0.29, 0.717) is 18.0 Å². The fraction of sp³-hybridized carbons (Fsp3) is 0.571. The lowest BCUT2D eigenvalue weighted by molar-refractivity contribution is -0.140. The Labute approximate surface area is 192 Å². The third-order valence-electron chi connectivity index (χ3n) is 6.49. The lowest BCUT2D eigenvalue weighted by atomic mass is 9.81. The van der Waals surface area contributed by atoms with Gasteiger partial charge in [-0.1, -0.05) is 49.9 Å². The Morgan fingerprint density at radius 1 is 1.00 bits per heavy atom. The summed E-state index contributed by atoms with van der Waals surface area (Å²) in [5.74, 6) is 0.207. The molecule has 2 bridgehead atoms. The Balaban J connectivity index is 1.20. The van der Waals surface area contributed by atoms with Gasteiger partial charge in [0.15, 0.2) is 0 Å². The Kier molecular flexibility index (Phi) is 6.38. The molecule has 29 heavy (non-hydrogen) atoms. The highest BCUT2D eigenvalue weighted by Crippen LogP contribution is 2.60. The maximum absolute atomic E-state index is 12.8. The minimum atomic E-state index is -0.143. The van der Waals surface area contributed by atoms with Gasteiger partial charge in [-0.15, -0.1) is 0 Å². The van der Waals surface area contributed by atoms with Gasteiger partial charge in [0.1, 0.15) is 0 Å². The van der Waals surface area contributed by atoms with E-state index < -0.39 is 0 Å². The third-order valence-corrected chi connectivity index (χ3v) is 9.95. The van der Waals surface area contributed by atoms with Crippen molar-refractivity contribution in [1.82, 2.24) is 4.90 Å². The van der Waals surface area contributed by atoms with Crippen LogP contribution in [0.2, 0.25) is 5.02 Å². The number of carbonyl (C=O) groups excluding carboxylic acids is 3.